The Labute approximate surface area is 120 Å². The fourth-order valence-corrected chi connectivity index (χ4v) is 2.44. The van der Waals surface area contributed by atoms with Crippen molar-refractivity contribution < 1.29 is 19.4 Å². The second-order valence-corrected chi connectivity index (χ2v) is 6.50. The number of hydrogen-bond donors (Lipinski definition) is 1. The monoisotopic (exact) mass is 286 g/mol. The van der Waals surface area contributed by atoms with Crippen molar-refractivity contribution in [1.29, 1.82) is 0 Å². The molecule has 1 rings (SSSR count). The maximum atomic E-state index is 11.9. The minimum Gasteiger partial charge on any atom is -0.480 e. The molecule has 6 nitrogen and oxygen atoms in total. The Kier molecular flexibility index (Phi) is 5.80. The fourth-order valence-electron chi connectivity index (χ4n) is 2.44. The van der Waals surface area contributed by atoms with Gasteiger partial charge in [0, 0.05) is 20.1 Å². The summed E-state index contributed by atoms with van der Waals surface area (Å²) < 4.78 is 5.31. The first kappa shape index (κ1) is 16.8. The van der Waals surface area contributed by atoms with Gasteiger partial charge in [0.05, 0.1) is 6.54 Å². The Balaban J connectivity index is 2.43. The topological polar surface area (TPSA) is 70.1 Å². The lowest BCUT2D eigenvalue weighted by molar-refractivity contribution is -0.138. The molecule has 0 aromatic heterocycles. The third kappa shape index (κ3) is 6.23. The molecular formula is C14H26N2O4. The van der Waals surface area contributed by atoms with E-state index in [1.807, 2.05) is 25.7 Å². The van der Waals surface area contributed by atoms with Crippen LogP contribution in [0.5, 0.6) is 0 Å². The predicted octanol–water partition coefficient (Wildman–Crippen LogP) is 1.65. The van der Waals surface area contributed by atoms with E-state index in [2.05, 4.69) is 0 Å². The van der Waals surface area contributed by atoms with Crippen LogP contribution >= 0.6 is 0 Å². The molecule has 0 saturated carbocycles. The number of hydrogen-bond acceptors (Lipinski definition) is 4. The molecule has 0 spiro atoms. The molecule has 6 heteroatoms. The minimum absolute atomic E-state index is 0.0760. The molecule has 1 N–H and O–H groups in total. The van der Waals surface area contributed by atoms with Crippen molar-refractivity contribution in [2.24, 2.45) is 5.92 Å². The summed E-state index contributed by atoms with van der Waals surface area (Å²) in [5.74, 6) is -0.494. The van der Waals surface area contributed by atoms with Crippen LogP contribution in [0.25, 0.3) is 0 Å². The summed E-state index contributed by atoms with van der Waals surface area (Å²) in [6, 6.07) is 0. The summed E-state index contributed by atoms with van der Waals surface area (Å²) >= 11 is 0. The van der Waals surface area contributed by atoms with Gasteiger partial charge in [-0.2, -0.15) is 0 Å². The Morgan fingerprint density at radius 3 is 2.60 bits per heavy atom. The molecule has 1 fully saturated rings. The van der Waals surface area contributed by atoms with Crippen LogP contribution in [0.2, 0.25) is 0 Å². The van der Waals surface area contributed by atoms with Crippen LogP contribution in [-0.4, -0.2) is 65.8 Å². The molecule has 1 atom stereocenters. The number of rotatable bonds is 4. The summed E-state index contributed by atoms with van der Waals surface area (Å²) in [5, 5.41) is 8.82. The van der Waals surface area contributed by atoms with Gasteiger partial charge in [-0.3, -0.25) is 9.69 Å². The van der Waals surface area contributed by atoms with Crippen molar-refractivity contribution >= 4 is 12.1 Å². The maximum absolute atomic E-state index is 11.9. The second kappa shape index (κ2) is 6.92. The largest absolute Gasteiger partial charge is 0.480 e. The zero-order valence-electron chi connectivity index (χ0n) is 12.9. The van der Waals surface area contributed by atoms with Crippen molar-refractivity contribution in [3.63, 3.8) is 0 Å². The van der Waals surface area contributed by atoms with E-state index in [9.17, 15) is 9.59 Å². The van der Waals surface area contributed by atoms with Crippen molar-refractivity contribution in [2.45, 2.75) is 39.2 Å². The Hall–Kier alpha value is -1.30. The van der Waals surface area contributed by atoms with Gasteiger partial charge >= 0.3 is 12.1 Å². The molecule has 0 aliphatic carbocycles. The van der Waals surface area contributed by atoms with Gasteiger partial charge in [-0.25, -0.2) is 4.79 Å². The Bertz CT molecular complexity index is 352. The summed E-state index contributed by atoms with van der Waals surface area (Å²) in [6.45, 7) is 7.74. The Morgan fingerprint density at radius 2 is 2.05 bits per heavy atom. The first-order valence-corrected chi connectivity index (χ1v) is 7.05. The van der Waals surface area contributed by atoms with Gasteiger partial charge in [-0.1, -0.05) is 0 Å². The lowest BCUT2D eigenvalue weighted by Crippen LogP contribution is -2.44. The average Bonchev–Trinajstić information content (AvgIpc) is 2.26. The third-order valence-electron chi connectivity index (χ3n) is 3.20. The molecule has 20 heavy (non-hydrogen) atoms. The molecular weight excluding hydrogens is 260 g/mol. The number of amides is 1. The van der Waals surface area contributed by atoms with Gasteiger partial charge in [0.25, 0.3) is 0 Å². The molecule has 0 aromatic rings. The van der Waals surface area contributed by atoms with E-state index in [1.165, 1.54) is 0 Å². The van der Waals surface area contributed by atoms with Gasteiger partial charge in [-0.05, 0) is 46.1 Å². The van der Waals surface area contributed by atoms with Gasteiger partial charge in [0.15, 0.2) is 0 Å². The fraction of sp³-hybridized carbons (Fsp3) is 0.857. The zero-order valence-corrected chi connectivity index (χ0v) is 12.9. The molecule has 1 aliphatic rings. The summed E-state index contributed by atoms with van der Waals surface area (Å²) in [4.78, 5) is 26.1. The molecule has 1 aliphatic heterocycles. The third-order valence-corrected chi connectivity index (χ3v) is 3.20. The molecule has 0 radical (unpaired) electrons. The Morgan fingerprint density at radius 1 is 1.40 bits per heavy atom. The molecule has 1 heterocycles. The van der Waals surface area contributed by atoms with Crippen LogP contribution in [0, 0.1) is 5.92 Å². The lowest BCUT2D eigenvalue weighted by atomic mass is 9.97. The van der Waals surface area contributed by atoms with E-state index >= 15 is 0 Å². The standard InChI is InChI=1S/C14H26N2O4/c1-14(2,3)20-13(19)15(4)8-11-6-5-7-16(9-11)10-12(17)18/h11H,5-10H2,1-4H3,(H,17,18)/t11-/m1/s1. The number of piperidine rings is 1. The number of aliphatic carboxylic acids is 1. The van der Waals surface area contributed by atoms with Gasteiger partial charge in [-0.15, -0.1) is 0 Å². The molecule has 1 saturated heterocycles. The van der Waals surface area contributed by atoms with Crippen LogP contribution in [0.1, 0.15) is 33.6 Å². The van der Waals surface area contributed by atoms with E-state index in [1.54, 1.807) is 11.9 Å². The number of carboxylic acid groups (broad SMARTS) is 1. The average molecular weight is 286 g/mol. The normalized spacial score (nSPS) is 20.5. The van der Waals surface area contributed by atoms with E-state index in [0.29, 0.717) is 12.5 Å². The first-order valence-electron chi connectivity index (χ1n) is 7.05. The highest BCUT2D eigenvalue weighted by molar-refractivity contribution is 5.69. The van der Waals surface area contributed by atoms with Crippen LogP contribution in [0.3, 0.4) is 0 Å². The summed E-state index contributed by atoms with van der Waals surface area (Å²) in [7, 11) is 1.73. The van der Waals surface area contributed by atoms with Crippen LogP contribution in [0.15, 0.2) is 0 Å². The zero-order chi connectivity index (χ0) is 15.3. The number of nitrogens with zero attached hydrogens (tertiary/aromatic N) is 2. The second-order valence-electron chi connectivity index (χ2n) is 6.50. The van der Waals surface area contributed by atoms with E-state index in [-0.39, 0.29) is 12.6 Å². The maximum Gasteiger partial charge on any atom is 0.410 e. The highest BCUT2D eigenvalue weighted by Crippen LogP contribution is 2.18. The smallest absolute Gasteiger partial charge is 0.410 e. The van der Waals surface area contributed by atoms with Gasteiger partial charge in [0.2, 0.25) is 0 Å². The predicted molar refractivity (Wildman–Crippen MR) is 75.7 cm³/mol. The van der Waals surface area contributed by atoms with E-state index in [0.717, 1.165) is 25.9 Å². The molecule has 0 unspecified atom stereocenters. The first-order chi connectivity index (χ1) is 9.17. The number of carbonyl (C=O) groups is 2. The molecule has 1 amide bonds. The van der Waals surface area contributed by atoms with Crippen LogP contribution in [-0.2, 0) is 9.53 Å². The van der Waals surface area contributed by atoms with Crippen molar-refractivity contribution in [3.8, 4) is 0 Å². The number of likely N-dealkylation sites (tertiary alicyclic amines) is 1. The highest BCUT2D eigenvalue weighted by Gasteiger charge is 2.25. The van der Waals surface area contributed by atoms with Crippen LogP contribution < -0.4 is 0 Å². The quantitative estimate of drug-likeness (QED) is 0.851. The van der Waals surface area contributed by atoms with Crippen molar-refractivity contribution in [3.05, 3.63) is 0 Å². The summed E-state index contributed by atoms with van der Waals surface area (Å²) in [5.41, 5.74) is -0.493. The number of carbonyl (C=O) groups excluding carboxylic acids is 1. The molecule has 0 aromatic carbocycles. The number of carboxylic acids is 1. The SMILES string of the molecule is CN(C[C@H]1CCCN(CC(=O)O)C1)C(=O)OC(C)(C)C. The molecule has 116 valence electrons. The number of ether oxygens (including phenoxy) is 1. The summed E-state index contributed by atoms with van der Waals surface area (Å²) in [6.07, 6.45) is 1.66. The van der Waals surface area contributed by atoms with Gasteiger partial charge < -0.3 is 14.7 Å². The molecule has 0 bridgehead atoms. The van der Waals surface area contributed by atoms with Crippen molar-refractivity contribution in [1.82, 2.24) is 9.80 Å². The lowest BCUT2D eigenvalue weighted by Gasteiger charge is -2.34. The van der Waals surface area contributed by atoms with Crippen LogP contribution in [0.4, 0.5) is 4.79 Å². The minimum atomic E-state index is -0.800. The van der Waals surface area contributed by atoms with Crippen molar-refractivity contribution in [2.75, 3.05) is 33.2 Å². The van der Waals surface area contributed by atoms with E-state index < -0.39 is 11.6 Å². The highest BCUT2D eigenvalue weighted by atomic mass is 16.6. The van der Waals surface area contributed by atoms with Gasteiger partial charge in [0.1, 0.15) is 5.60 Å². The van der Waals surface area contributed by atoms with E-state index in [4.69, 9.17) is 9.84 Å².